The van der Waals surface area contributed by atoms with E-state index in [0.29, 0.717) is 5.39 Å². The molecule has 98 valence electrons. The topological polar surface area (TPSA) is 0 Å². The standard InChI is InChI=1S/C20H11F/c21-20-17-9-4-2-7-13(17)15-11-5-10-14-12-6-1-3-8-16(12)19(20)18(14)15/h1-11H. The molecule has 0 atom stereocenters. The molecule has 0 unspecified atom stereocenters. The molecule has 1 aliphatic carbocycles. The Kier molecular flexibility index (Phi) is 1.95. The number of halogens is 1. The van der Waals surface area contributed by atoms with Gasteiger partial charge in [-0.3, -0.25) is 0 Å². The van der Waals surface area contributed by atoms with E-state index in [-0.39, 0.29) is 5.82 Å². The molecule has 21 heavy (non-hydrogen) atoms. The van der Waals surface area contributed by atoms with E-state index in [1.54, 1.807) is 0 Å². The molecule has 4 aromatic carbocycles. The molecule has 0 spiro atoms. The maximum Gasteiger partial charge on any atom is 0.139 e. The van der Waals surface area contributed by atoms with E-state index in [4.69, 9.17) is 0 Å². The van der Waals surface area contributed by atoms with Crippen molar-refractivity contribution < 1.29 is 4.39 Å². The van der Waals surface area contributed by atoms with Crippen LogP contribution < -0.4 is 0 Å². The molecule has 0 N–H and O–H groups in total. The van der Waals surface area contributed by atoms with Crippen molar-refractivity contribution in [2.45, 2.75) is 0 Å². The minimum Gasteiger partial charge on any atom is -0.206 e. The third-order valence-electron chi connectivity index (χ3n) is 4.47. The Morgan fingerprint density at radius 3 is 2.00 bits per heavy atom. The van der Waals surface area contributed by atoms with Gasteiger partial charge >= 0.3 is 0 Å². The van der Waals surface area contributed by atoms with Gasteiger partial charge in [-0.25, -0.2) is 4.39 Å². The van der Waals surface area contributed by atoms with Gasteiger partial charge in [-0.05, 0) is 27.5 Å². The van der Waals surface area contributed by atoms with Crippen LogP contribution in [0.1, 0.15) is 0 Å². The minimum absolute atomic E-state index is 0.101. The average Bonchev–Trinajstić information content (AvgIpc) is 2.89. The van der Waals surface area contributed by atoms with Gasteiger partial charge in [-0.15, -0.1) is 0 Å². The number of hydrogen-bond acceptors (Lipinski definition) is 0. The zero-order chi connectivity index (χ0) is 14.0. The minimum atomic E-state index is -0.101. The van der Waals surface area contributed by atoms with E-state index in [2.05, 4.69) is 24.3 Å². The summed E-state index contributed by atoms with van der Waals surface area (Å²) in [7, 11) is 0. The lowest BCUT2D eigenvalue weighted by molar-refractivity contribution is 0.645. The Hall–Kier alpha value is -2.67. The molecule has 4 aromatic rings. The first kappa shape index (κ1) is 11.0. The lowest BCUT2D eigenvalue weighted by Crippen LogP contribution is -1.87. The molecule has 5 rings (SSSR count). The molecular weight excluding hydrogens is 259 g/mol. The van der Waals surface area contributed by atoms with Gasteiger partial charge < -0.3 is 0 Å². The summed E-state index contributed by atoms with van der Waals surface area (Å²) in [4.78, 5) is 0. The van der Waals surface area contributed by atoms with Crippen molar-refractivity contribution in [3.05, 3.63) is 72.5 Å². The summed E-state index contributed by atoms with van der Waals surface area (Å²) in [5.41, 5.74) is 4.04. The van der Waals surface area contributed by atoms with Gasteiger partial charge in [0, 0.05) is 16.3 Å². The van der Waals surface area contributed by atoms with Crippen molar-refractivity contribution in [1.82, 2.24) is 0 Å². The zero-order valence-corrected chi connectivity index (χ0v) is 11.2. The highest BCUT2D eigenvalue weighted by atomic mass is 19.1. The summed E-state index contributed by atoms with van der Waals surface area (Å²) in [5.74, 6) is -0.101. The molecule has 1 aliphatic rings. The number of fused-ring (bicyclic) bond motifs is 5. The molecule has 0 heterocycles. The fourth-order valence-corrected chi connectivity index (χ4v) is 3.61. The second-order valence-electron chi connectivity index (χ2n) is 5.51. The number of rotatable bonds is 0. The van der Waals surface area contributed by atoms with Crippen LogP contribution in [0.5, 0.6) is 0 Å². The third-order valence-corrected chi connectivity index (χ3v) is 4.47. The van der Waals surface area contributed by atoms with Crippen LogP contribution in [0, 0.1) is 5.82 Å². The van der Waals surface area contributed by atoms with Gasteiger partial charge in [0.15, 0.2) is 0 Å². The summed E-state index contributed by atoms with van der Waals surface area (Å²) in [5, 5.41) is 3.88. The first-order valence-electron chi connectivity index (χ1n) is 7.09. The van der Waals surface area contributed by atoms with Crippen LogP contribution in [0.3, 0.4) is 0 Å². The molecule has 0 nitrogen and oxygen atoms in total. The quantitative estimate of drug-likeness (QED) is 0.313. The van der Waals surface area contributed by atoms with Crippen molar-refractivity contribution in [3.8, 4) is 22.3 Å². The van der Waals surface area contributed by atoms with Gasteiger partial charge in [0.05, 0.1) is 0 Å². The van der Waals surface area contributed by atoms with E-state index in [0.717, 1.165) is 38.4 Å². The Bertz CT molecular complexity index is 1040. The largest absolute Gasteiger partial charge is 0.206 e. The SMILES string of the molecule is Fc1c2c3c(cccc3c3ccccc13)-c1ccccc1-2. The van der Waals surface area contributed by atoms with E-state index in [1.165, 1.54) is 0 Å². The van der Waals surface area contributed by atoms with Gasteiger partial charge in [0.1, 0.15) is 5.82 Å². The molecule has 1 heteroatoms. The Balaban J connectivity index is 2.16. The number of hydrogen-bond donors (Lipinski definition) is 0. The molecule has 0 radical (unpaired) electrons. The van der Waals surface area contributed by atoms with Crippen molar-refractivity contribution in [2.24, 2.45) is 0 Å². The van der Waals surface area contributed by atoms with Gasteiger partial charge in [-0.1, -0.05) is 66.7 Å². The molecule has 0 aromatic heterocycles. The second kappa shape index (κ2) is 3.70. The number of benzene rings is 4. The Morgan fingerprint density at radius 2 is 1.14 bits per heavy atom. The Morgan fingerprint density at radius 1 is 0.524 bits per heavy atom. The molecule has 0 bridgehead atoms. The molecule has 0 fully saturated rings. The monoisotopic (exact) mass is 270 g/mol. The predicted molar refractivity (Wildman–Crippen MR) is 85.8 cm³/mol. The van der Waals surface area contributed by atoms with Gasteiger partial charge in [0.2, 0.25) is 0 Å². The van der Waals surface area contributed by atoms with Gasteiger partial charge in [-0.2, -0.15) is 0 Å². The summed E-state index contributed by atoms with van der Waals surface area (Å²) < 4.78 is 15.1. The maximum absolute atomic E-state index is 15.1. The van der Waals surface area contributed by atoms with Crippen molar-refractivity contribution in [3.63, 3.8) is 0 Å². The second-order valence-corrected chi connectivity index (χ2v) is 5.51. The van der Waals surface area contributed by atoms with Crippen molar-refractivity contribution in [2.75, 3.05) is 0 Å². The maximum atomic E-state index is 15.1. The molecule has 0 aliphatic heterocycles. The smallest absolute Gasteiger partial charge is 0.139 e. The molecular formula is C20H11F. The highest BCUT2D eigenvalue weighted by Gasteiger charge is 2.25. The zero-order valence-electron chi connectivity index (χ0n) is 11.2. The lowest BCUT2D eigenvalue weighted by atomic mass is 9.96. The van der Waals surface area contributed by atoms with Gasteiger partial charge in [0.25, 0.3) is 0 Å². The van der Waals surface area contributed by atoms with E-state index >= 15 is 4.39 Å². The third kappa shape index (κ3) is 1.24. The van der Waals surface area contributed by atoms with Crippen LogP contribution in [0.2, 0.25) is 0 Å². The lowest BCUT2D eigenvalue weighted by Gasteiger charge is -2.09. The summed E-state index contributed by atoms with van der Waals surface area (Å²) in [6.45, 7) is 0. The highest BCUT2D eigenvalue weighted by molar-refractivity contribution is 6.23. The Labute approximate surface area is 121 Å². The summed E-state index contributed by atoms with van der Waals surface area (Å²) in [6.07, 6.45) is 0. The normalized spacial score (nSPS) is 12.0. The first-order valence-corrected chi connectivity index (χ1v) is 7.09. The molecule has 0 saturated heterocycles. The average molecular weight is 270 g/mol. The van der Waals surface area contributed by atoms with Crippen molar-refractivity contribution in [1.29, 1.82) is 0 Å². The van der Waals surface area contributed by atoms with E-state index < -0.39 is 0 Å². The van der Waals surface area contributed by atoms with E-state index in [9.17, 15) is 0 Å². The van der Waals surface area contributed by atoms with Crippen LogP contribution in [-0.2, 0) is 0 Å². The summed E-state index contributed by atoms with van der Waals surface area (Å²) in [6, 6.07) is 22.1. The molecule has 0 amide bonds. The van der Waals surface area contributed by atoms with Crippen LogP contribution in [0.15, 0.2) is 66.7 Å². The predicted octanol–water partition coefficient (Wildman–Crippen LogP) is 5.78. The fraction of sp³-hybridized carbons (Fsp3) is 0. The van der Waals surface area contributed by atoms with Crippen LogP contribution in [0.4, 0.5) is 4.39 Å². The summed E-state index contributed by atoms with van der Waals surface area (Å²) >= 11 is 0. The fourth-order valence-electron chi connectivity index (χ4n) is 3.61. The molecule has 0 saturated carbocycles. The first-order chi connectivity index (χ1) is 10.4. The van der Waals surface area contributed by atoms with E-state index in [1.807, 2.05) is 42.5 Å². The van der Waals surface area contributed by atoms with Crippen LogP contribution in [0.25, 0.3) is 43.8 Å². The van der Waals surface area contributed by atoms with Crippen molar-refractivity contribution >= 4 is 21.5 Å². The highest BCUT2D eigenvalue weighted by Crippen LogP contribution is 2.50. The van der Waals surface area contributed by atoms with Crippen LogP contribution >= 0.6 is 0 Å². The van der Waals surface area contributed by atoms with Crippen LogP contribution in [-0.4, -0.2) is 0 Å².